The van der Waals surface area contributed by atoms with Gasteiger partial charge in [-0.3, -0.25) is 0 Å². The van der Waals surface area contributed by atoms with Crippen LogP contribution in [0.4, 0.5) is 5.69 Å². The summed E-state index contributed by atoms with van der Waals surface area (Å²) in [6.45, 7) is 0. The maximum atomic E-state index is 5.55. The molecule has 140 valence electrons. The Kier molecular flexibility index (Phi) is 3.97. The van der Waals surface area contributed by atoms with E-state index in [4.69, 9.17) is 9.47 Å². The summed E-state index contributed by atoms with van der Waals surface area (Å²) < 4.78 is 11.0. The number of aromatic nitrogens is 1. The predicted molar refractivity (Wildman–Crippen MR) is 113 cm³/mol. The Bertz CT molecular complexity index is 1160. The molecule has 1 aliphatic heterocycles. The number of hydrogen-bond donors (Lipinski definition) is 2. The lowest BCUT2D eigenvalue weighted by Crippen LogP contribution is -2.13. The Balaban J connectivity index is 1.73. The van der Waals surface area contributed by atoms with Crippen LogP contribution in [0.5, 0.6) is 11.5 Å². The van der Waals surface area contributed by atoms with Crippen molar-refractivity contribution in [3.8, 4) is 11.5 Å². The topological polar surface area (TPSA) is 46.3 Å². The van der Waals surface area contributed by atoms with E-state index in [0.717, 1.165) is 29.2 Å². The van der Waals surface area contributed by atoms with Crippen molar-refractivity contribution in [3.63, 3.8) is 0 Å². The summed E-state index contributed by atoms with van der Waals surface area (Å²) in [6.07, 6.45) is 0.895. The standard InChI is InChI=1S/C24H22N2O2/c1-27-21-12-11-16(14-22(21)28-2)23-24-18(17-8-4-6-10-20(17)26-24)13-15-7-3-5-9-19(15)25-23/h3-12,14,23,25-26H,13H2,1-2H3. The Morgan fingerprint density at radius 3 is 2.50 bits per heavy atom. The molecule has 0 spiro atoms. The van der Waals surface area contributed by atoms with Crippen molar-refractivity contribution in [2.24, 2.45) is 0 Å². The van der Waals surface area contributed by atoms with Gasteiger partial charge in [0.1, 0.15) is 0 Å². The number of anilines is 1. The molecule has 0 radical (unpaired) electrons. The number of benzene rings is 3. The molecule has 1 unspecified atom stereocenters. The fraction of sp³-hybridized carbons (Fsp3) is 0.167. The molecule has 0 aliphatic carbocycles. The molecule has 4 heteroatoms. The van der Waals surface area contributed by atoms with E-state index < -0.39 is 0 Å². The van der Waals surface area contributed by atoms with Crippen LogP contribution in [0.3, 0.4) is 0 Å². The summed E-state index contributed by atoms with van der Waals surface area (Å²) in [7, 11) is 3.33. The van der Waals surface area contributed by atoms with Crippen LogP contribution >= 0.6 is 0 Å². The van der Waals surface area contributed by atoms with E-state index >= 15 is 0 Å². The molecule has 0 amide bonds. The van der Waals surface area contributed by atoms with E-state index in [-0.39, 0.29) is 6.04 Å². The van der Waals surface area contributed by atoms with Gasteiger partial charge in [-0.05, 0) is 41.0 Å². The van der Waals surface area contributed by atoms with Gasteiger partial charge in [0.25, 0.3) is 0 Å². The molecule has 3 aromatic carbocycles. The number of methoxy groups -OCH3 is 2. The number of fused-ring (bicyclic) bond motifs is 4. The van der Waals surface area contributed by atoms with Crippen LogP contribution in [0.15, 0.2) is 66.7 Å². The minimum atomic E-state index is -0.00847. The number of aromatic amines is 1. The monoisotopic (exact) mass is 370 g/mol. The van der Waals surface area contributed by atoms with E-state index in [0.29, 0.717) is 0 Å². The van der Waals surface area contributed by atoms with Crippen molar-refractivity contribution < 1.29 is 9.47 Å². The van der Waals surface area contributed by atoms with Crippen LogP contribution in [0.25, 0.3) is 10.9 Å². The number of para-hydroxylation sites is 2. The van der Waals surface area contributed by atoms with Crippen molar-refractivity contribution in [1.82, 2.24) is 4.98 Å². The first-order chi connectivity index (χ1) is 13.8. The third-order valence-electron chi connectivity index (χ3n) is 5.56. The van der Waals surface area contributed by atoms with Gasteiger partial charge in [-0.15, -0.1) is 0 Å². The van der Waals surface area contributed by atoms with E-state index in [2.05, 4.69) is 71.0 Å². The van der Waals surface area contributed by atoms with E-state index in [1.54, 1.807) is 14.2 Å². The first-order valence-electron chi connectivity index (χ1n) is 9.44. The molecule has 2 heterocycles. The lowest BCUT2D eigenvalue weighted by atomic mass is 9.97. The first kappa shape index (κ1) is 16.8. The van der Waals surface area contributed by atoms with Crippen molar-refractivity contribution >= 4 is 16.6 Å². The van der Waals surface area contributed by atoms with Gasteiger partial charge in [0.2, 0.25) is 0 Å². The van der Waals surface area contributed by atoms with Gasteiger partial charge < -0.3 is 19.8 Å². The summed E-state index contributed by atoms with van der Waals surface area (Å²) >= 11 is 0. The Morgan fingerprint density at radius 2 is 1.64 bits per heavy atom. The zero-order valence-electron chi connectivity index (χ0n) is 16.0. The van der Waals surface area contributed by atoms with Crippen molar-refractivity contribution in [3.05, 3.63) is 89.1 Å². The van der Waals surface area contributed by atoms with Crippen LogP contribution < -0.4 is 14.8 Å². The molecule has 1 aromatic heterocycles. The average Bonchev–Trinajstić information content (AvgIpc) is 3.02. The average molecular weight is 370 g/mol. The van der Waals surface area contributed by atoms with Crippen molar-refractivity contribution in [2.75, 3.05) is 19.5 Å². The largest absolute Gasteiger partial charge is 0.493 e. The molecule has 4 nitrogen and oxygen atoms in total. The Morgan fingerprint density at radius 1 is 0.857 bits per heavy atom. The number of ether oxygens (including phenoxy) is 2. The summed E-state index contributed by atoms with van der Waals surface area (Å²) in [4.78, 5) is 3.67. The Labute approximate surface area is 164 Å². The minimum Gasteiger partial charge on any atom is -0.493 e. The molecule has 2 N–H and O–H groups in total. The van der Waals surface area contributed by atoms with Crippen LogP contribution in [0, 0.1) is 0 Å². The second-order valence-electron chi connectivity index (χ2n) is 7.09. The molecule has 0 saturated carbocycles. The van der Waals surface area contributed by atoms with Gasteiger partial charge in [0.15, 0.2) is 11.5 Å². The van der Waals surface area contributed by atoms with E-state index in [9.17, 15) is 0 Å². The van der Waals surface area contributed by atoms with Crippen LogP contribution in [0.1, 0.15) is 28.4 Å². The highest BCUT2D eigenvalue weighted by atomic mass is 16.5. The third kappa shape index (κ3) is 2.61. The smallest absolute Gasteiger partial charge is 0.161 e. The molecular weight excluding hydrogens is 348 g/mol. The van der Waals surface area contributed by atoms with Gasteiger partial charge in [-0.1, -0.05) is 42.5 Å². The molecular formula is C24H22N2O2. The lowest BCUT2D eigenvalue weighted by Gasteiger charge is -2.21. The maximum absolute atomic E-state index is 5.55. The maximum Gasteiger partial charge on any atom is 0.161 e. The van der Waals surface area contributed by atoms with Crippen molar-refractivity contribution in [1.29, 1.82) is 0 Å². The summed E-state index contributed by atoms with van der Waals surface area (Å²) in [6, 6.07) is 23.2. The minimum absolute atomic E-state index is 0.00847. The molecule has 0 saturated heterocycles. The number of hydrogen-bond acceptors (Lipinski definition) is 3. The summed E-state index contributed by atoms with van der Waals surface area (Å²) in [5.74, 6) is 1.47. The highest BCUT2D eigenvalue weighted by molar-refractivity contribution is 5.86. The van der Waals surface area contributed by atoms with Crippen LogP contribution in [0.2, 0.25) is 0 Å². The third-order valence-corrected chi connectivity index (χ3v) is 5.56. The van der Waals surface area contributed by atoms with E-state index in [1.807, 2.05) is 6.07 Å². The van der Waals surface area contributed by atoms with Gasteiger partial charge in [0.05, 0.1) is 20.3 Å². The first-order valence-corrected chi connectivity index (χ1v) is 9.44. The van der Waals surface area contributed by atoms with Gasteiger partial charge in [-0.25, -0.2) is 0 Å². The molecule has 0 fully saturated rings. The molecule has 1 atom stereocenters. The molecule has 28 heavy (non-hydrogen) atoms. The van der Waals surface area contributed by atoms with Gasteiger partial charge >= 0.3 is 0 Å². The highest BCUT2D eigenvalue weighted by Crippen LogP contribution is 2.40. The van der Waals surface area contributed by atoms with Crippen LogP contribution in [-0.4, -0.2) is 19.2 Å². The normalized spacial score (nSPS) is 15.3. The number of H-pyrrole nitrogens is 1. The van der Waals surface area contributed by atoms with Crippen molar-refractivity contribution in [2.45, 2.75) is 12.5 Å². The second-order valence-corrected chi connectivity index (χ2v) is 7.09. The second kappa shape index (κ2) is 6.64. The SMILES string of the molecule is COc1ccc(C2Nc3ccccc3Cc3c2[nH]c2ccccc32)cc1OC. The van der Waals surface area contributed by atoms with E-state index in [1.165, 1.54) is 27.7 Å². The quantitative estimate of drug-likeness (QED) is 0.515. The molecule has 1 aliphatic rings. The highest BCUT2D eigenvalue weighted by Gasteiger charge is 2.27. The number of rotatable bonds is 3. The Hall–Kier alpha value is -3.40. The summed E-state index contributed by atoms with van der Waals surface area (Å²) in [5, 5.41) is 5.03. The number of nitrogens with one attached hydrogen (secondary N) is 2. The predicted octanol–water partition coefficient (Wildman–Crippen LogP) is 5.29. The zero-order valence-corrected chi connectivity index (χ0v) is 16.0. The summed E-state index contributed by atoms with van der Waals surface area (Å²) in [5.41, 5.74) is 7.30. The zero-order chi connectivity index (χ0) is 19.1. The van der Waals surface area contributed by atoms with Gasteiger partial charge in [0, 0.05) is 28.7 Å². The van der Waals surface area contributed by atoms with Gasteiger partial charge in [-0.2, -0.15) is 0 Å². The molecule has 0 bridgehead atoms. The van der Waals surface area contributed by atoms with Crippen LogP contribution in [-0.2, 0) is 6.42 Å². The fourth-order valence-corrected chi connectivity index (χ4v) is 4.17. The molecule has 4 aromatic rings. The lowest BCUT2D eigenvalue weighted by molar-refractivity contribution is 0.354. The fourth-order valence-electron chi connectivity index (χ4n) is 4.17. The molecule has 5 rings (SSSR count).